The molecule has 0 spiro atoms. The van der Waals surface area contributed by atoms with Crippen LogP contribution in [0.4, 0.5) is 5.82 Å². The minimum Gasteiger partial charge on any atom is -0.508 e. The first-order valence-corrected chi connectivity index (χ1v) is 7.31. The van der Waals surface area contributed by atoms with Crippen molar-refractivity contribution in [3.05, 3.63) is 53.2 Å². The van der Waals surface area contributed by atoms with Gasteiger partial charge in [-0.15, -0.1) is 0 Å². The Bertz CT molecular complexity index is 713. The Balaban J connectivity index is 1.79. The van der Waals surface area contributed by atoms with E-state index in [1.165, 1.54) is 0 Å². The fourth-order valence-corrected chi connectivity index (χ4v) is 2.83. The molecule has 1 aliphatic carbocycles. The molecule has 0 unspecified atom stereocenters. The molecule has 5 nitrogen and oxygen atoms in total. The van der Waals surface area contributed by atoms with E-state index in [0.29, 0.717) is 11.3 Å². The molecule has 0 fully saturated rings. The van der Waals surface area contributed by atoms with Crippen molar-refractivity contribution in [3.8, 4) is 5.75 Å². The maximum Gasteiger partial charge on any atom is 0.251 e. The molecule has 1 aromatic heterocycles. The number of phenolic OH excluding ortho intramolecular Hbond substituents is 1. The molecule has 0 bridgehead atoms. The van der Waals surface area contributed by atoms with E-state index < -0.39 is 0 Å². The van der Waals surface area contributed by atoms with E-state index in [2.05, 4.69) is 10.3 Å². The van der Waals surface area contributed by atoms with Crippen LogP contribution in [-0.2, 0) is 6.42 Å². The first-order chi connectivity index (χ1) is 10.6. The standard InChI is InChI=1S/C17H19N3O2/c1-20(2)16-10-11(8-9-18-16)17(22)19-14-7-6-13-12(14)4-3-5-15(13)21/h3-5,8-10,14,21H,6-7H2,1-2H3,(H,19,22)/t14-/m1/s1. The molecule has 0 saturated heterocycles. The summed E-state index contributed by atoms with van der Waals surface area (Å²) in [4.78, 5) is 18.5. The monoisotopic (exact) mass is 297 g/mol. The van der Waals surface area contributed by atoms with Crippen LogP contribution < -0.4 is 10.2 Å². The molecule has 0 aliphatic heterocycles. The summed E-state index contributed by atoms with van der Waals surface area (Å²) in [6.07, 6.45) is 3.23. The quantitative estimate of drug-likeness (QED) is 0.912. The predicted octanol–water partition coefficient (Wildman–Crippen LogP) is 2.27. The Kier molecular flexibility index (Phi) is 3.71. The van der Waals surface area contributed by atoms with Gasteiger partial charge in [-0.05, 0) is 42.2 Å². The number of aromatic nitrogens is 1. The number of hydrogen-bond donors (Lipinski definition) is 2. The summed E-state index contributed by atoms with van der Waals surface area (Å²) in [5, 5.41) is 12.9. The van der Waals surface area contributed by atoms with Crippen LogP contribution in [0.5, 0.6) is 5.75 Å². The third kappa shape index (κ3) is 2.62. The van der Waals surface area contributed by atoms with Gasteiger partial charge in [0.05, 0.1) is 6.04 Å². The zero-order valence-corrected chi connectivity index (χ0v) is 12.7. The lowest BCUT2D eigenvalue weighted by atomic mass is 10.1. The van der Waals surface area contributed by atoms with Gasteiger partial charge in [-0.2, -0.15) is 0 Å². The summed E-state index contributed by atoms with van der Waals surface area (Å²) in [5.74, 6) is 0.942. The Hall–Kier alpha value is -2.56. The fourth-order valence-electron chi connectivity index (χ4n) is 2.83. The second-order valence-corrected chi connectivity index (χ2v) is 5.71. The van der Waals surface area contributed by atoms with Crippen molar-refractivity contribution >= 4 is 11.7 Å². The Morgan fingerprint density at radius 3 is 2.95 bits per heavy atom. The van der Waals surface area contributed by atoms with Crippen molar-refractivity contribution in [3.63, 3.8) is 0 Å². The molecule has 1 amide bonds. The van der Waals surface area contributed by atoms with E-state index in [4.69, 9.17) is 0 Å². The molecular weight excluding hydrogens is 278 g/mol. The highest BCUT2D eigenvalue weighted by Gasteiger charge is 2.26. The number of anilines is 1. The maximum atomic E-state index is 12.5. The van der Waals surface area contributed by atoms with E-state index in [0.717, 1.165) is 29.8 Å². The van der Waals surface area contributed by atoms with Crippen LogP contribution in [0.3, 0.4) is 0 Å². The van der Waals surface area contributed by atoms with Crippen molar-refractivity contribution < 1.29 is 9.90 Å². The molecule has 1 aromatic carbocycles. The largest absolute Gasteiger partial charge is 0.508 e. The number of nitrogens with zero attached hydrogens (tertiary/aromatic N) is 2. The van der Waals surface area contributed by atoms with Gasteiger partial charge in [-0.1, -0.05) is 12.1 Å². The Morgan fingerprint density at radius 2 is 2.18 bits per heavy atom. The SMILES string of the molecule is CN(C)c1cc(C(=O)N[C@@H]2CCc3c(O)cccc32)ccn1. The van der Waals surface area contributed by atoms with Gasteiger partial charge < -0.3 is 15.3 Å². The first kappa shape index (κ1) is 14.4. The van der Waals surface area contributed by atoms with Gasteiger partial charge in [0.25, 0.3) is 5.91 Å². The second kappa shape index (κ2) is 5.67. The summed E-state index contributed by atoms with van der Waals surface area (Å²) < 4.78 is 0. The highest BCUT2D eigenvalue weighted by Crippen LogP contribution is 2.36. The van der Waals surface area contributed by atoms with Crippen molar-refractivity contribution in [2.45, 2.75) is 18.9 Å². The second-order valence-electron chi connectivity index (χ2n) is 5.71. The number of benzene rings is 1. The summed E-state index contributed by atoms with van der Waals surface area (Å²) in [6.45, 7) is 0. The molecule has 0 radical (unpaired) electrons. The van der Waals surface area contributed by atoms with E-state index in [1.807, 2.05) is 31.1 Å². The van der Waals surface area contributed by atoms with Crippen LogP contribution in [0.15, 0.2) is 36.5 Å². The summed E-state index contributed by atoms with van der Waals surface area (Å²) in [6, 6.07) is 8.90. The van der Waals surface area contributed by atoms with Crippen molar-refractivity contribution in [1.82, 2.24) is 10.3 Å². The number of rotatable bonds is 3. The van der Waals surface area contributed by atoms with Gasteiger partial charge >= 0.3 is 0 Å². The van der Waals surface area contributed by atoms with Gasteiger partial charge in [0.2, 0.25) is 0 Å². The highest BCUT2D eigenvalue weighted by molar-refractivity contribution is 5.95. The number of carbonyl (C=O) groups excluding carboxylic acids is 1. The molecule has 1 atom stereocenters. The van der Waals surface area contributed by atoms with Gasteiger partial charge in [-0.25, -0.2) is 4.98 Å². The lowest BCUT2D eigenvalue weighted by molar-refractivity contribution is 0.0936. The average molecular weight is 297 g/mol. The molecule has 3 rings (SSSR count). The molecule has 0 saturated carbocycles. The van der Waals surface area contributed by atoms with Gasteiger partial charge in [0.15, 0.2) is 0 Å². The van der Waals surface area contributed by atoms with E-state index in [9.17, 15) is 9.90 Å². The first-order valence-electron chi connectivity index (χ1n) is 7.31. The van der Waals surface area contributed by atoms with E-state index >= 15 is 0 Å². The minimum atomic E-state index is -0.119. The predicted molar refractivity (Wildman–Crippen MR) is 85.2 cm³/mol. The van der Waals surface area contributed by atoms with Crippen molar-refractivity contribution in [2.24, 2.45) is 0 Å². The maximum absolute atomic E-state index is 12.5. The van der Waals surface area contributed by atoms with Crippen LogP contribution in [0.2, 0.25) is 0 Å². The molecule has 1 aliphatic rings. The number of aromatic hydroxyl groups is 1. The molecule has 5 heteroatoms. The molecule has 22 heavy (non-hydrogen) atoms. The number of pyridine rings is 1. The van der Waals surface area contributed by atoms with Crippen molar-refractivity contribution in [1.29, 1.82) is 0 Å². The van der Waals surface area contributed by atoms with Gasteiger partial charge in [0.1, 0.15) is 11.6 Å². The lowest BCUT2D eigenvalue weighted by Gasteiger charge is -2.16. The van der Waals surface area contributed by atoms with Gasteiger partial charge in [-0.3, -0.25) is 4.79 Å². The normalized spacial score (nSPS) is 16.2. The summed E-state index contributed by atoms with van der Waals surface area (Å²) in [7, 11) is 3.78. The minimum absolute atomic E-state index is 0.0504. The average Bonchev–Trinajstić information content (AvgIpc) is 2.92. The number of nitrogens with one attached hydrogen (secondary N) is 1. The molecule has 114 valence electrons. The third-order valence-electron chi connectivity index (χ3n) is 4.02. The number of amides is 1. The van der Waals surface area contributed by atoms with Crippen LogP contribution in [0.1, 0.15) is 33.9 Å². The topological polar surface area (TPSA) is 65.5 Å². The molecular formula is C17H19N3O2. The fraction of sp³-hybridized carbons (Fsp3) is 0.294. The molecule has 1 heterocycles. The van der Waals surface area contributed by atoms with Crippen molar-refractivity contribution in [2.75, 3.05) is 19.0 Å². The molecule has 2 aromatic rings. The van der Waals surface area contributed by atoms with E-state index in [-0.39, 0.29) is 11.9 Å². The van der Waals surface area contributed by atoms with Gasteiger partial charge in [0, 0.05) is 25.9 Å². The number of phenols is 1. The Morgan fingerprint density at radius 1 is 1.36 bits per heavy atom. The molecule has 2 N–H and O–H groups in total. The number of hydrogen-bond acceptors (Lipinski definition) is 4. The Labute approximate surface area is 129 Å². The zero-order valence-electron chi connectivity index (χ0n) is 12.7. The highest BCUT2D eigenvalue weighted by atomic mass is 16.3. The van der Waals surface area contributed by atoms with E-state index in [1.54, 1.807) is 24.4 Å². The van der Waals surface area contributed by atoms with Crippen LogP contribution in [-0.4, -0.2) is 30.1 Å². The third-order valence-corrected chi connectivity index (χ3v) is 4.02. The summed E-state index contributed by atoms with van der Waals surface area (Å²) in [5.41, 5.74) is 2.54. The number of fused-ring (bicyclic) bond motifs is 1. The number of carbonyl (C=O) groups is 1. The van der Waals surface area contributed by atoms with Crippen LogP contribution in [0, 0.1) is 0 Å². The smallest absolute Gasteiger partial charge is 0.251 e. The van der Waals surface area contributed by atoms with Crippen LogP contribution in [0.25, 0.3) is 0 Å². The summed E-state index contributed by atoms with van der Waals surface area (Å²) >= 11 is 0. The lowest BCUT2D eigenvalue weighted by Crippen LogP contribution is -2.27. The zero-order chi connectivity index (χ0) is 15.7. The van der Waals surface area contributed by atoms with Crippen LogP contribution >= 0.6 is 0 Å².